The lowest BCUT2D eigenvalue weighted by Gasteiger charge is -2.29. The highest BCUT2D eigenvalue weighted by molar-refractivity contribution is 5.91. The normalized spacial score (nSPS) is 17.1. The van der Waals surface area contributed by atoms with Crippen LogP contribution in [0.3, 0.4) is 0 Å². The molecule has 0 bridgehead atoms. The second-order valence-corrected chi connectivity index (χ2v) is 6.16. The summed E-state index contributed by atoms with van der Waals surface area (Å²) in [7, 11) is 2.12. The lowest BCUT2D eigenvalue weighted by molar-refractivity contribution is -0.117. The Morgan fingerprint density at radius 1 is 1.27 bits per heavy atom. The van der Waals surface area contributed by atoms with Crippen molar-refractivity contribution in [1.29, 1.82) is 0 Å². The van der Waals surface area contributed by atoms with Crippen LogP contribution in [0.5, 0.6) is 5.75 Å². The number of amides is 1. The van der Waals surface area contributed by atoms with Crippen LogP contribution in [0, 0.1) is 0 Å². The maximum absolute atomic E-state index is 11.9. The molecule has 1 saturated heterocycles. The molecule has 4 nitrogen and oxygen atoms in total. The molecule has 1 aromatic rings. The molecule has 22 heavy (non-hydrogen) atoms. The van der Waals surface area contributed by atoms with Gasteiger partial charge in [0.25, 0.3) is 0 Å². The standard InChI is InChI=1S/C18H26N2O2/c1-14(2)22-17-7-4-15(5-8-17)6-9-18(21)19-16-10-12-20(3)13-11-16/h4-9,14,16H,10-13H2,1-3H3,(H,19,21)/b9-6+. The Labute approximate surface area is 133 Å². The van der Waals surface area contributed by atoms with Gasteiger partial charge in [0.2, 0.25) is 5.91 Å². The Hall–Kier alpha value is -1.81. The molecule has 1 aliphatic heterocycles. The van der Waals surface area contributed by atoms with Crippen LogP contribution in [0.2, 0.25) is 0 Å². The molecule has 0 unspecified atom stereocenters. The van der Waals surface area contributed by atoms with E-state index in [0.717, 1.165) is 37.2 Å². The molecular weight excluding hydrogens is 276 g/mol. The van der Waals surface area contributed by atoms with Crippen molar-refractivity contribution < 1.29 is 9.53 Å². The molecule has 0 saturated carbocycles. The highest BCUT2D eigenvalue weighted by Gasteiger charge is 2.17. The van der Waals surface area contributed by atoms with Gasteiger partial charge in [-0.3, -0.25) is 4.79 Å². The van der Waals surface area contributed by atoms with Crippen molar-refractivity contribution in [2.75, 3.05) is 20.1 Å². The van der Waals surface area contributed by atoms with E-state index in [2.05, 4.69) is 17.3 Å². The van der Waals surface area contributed by atoms with E-state index in [4.69, 9.17) is 4.74 Å². The van der Waals surface area contributed by atoms with Crippen molar-refractivity contribution in [3.8, 4) is 5.75 Å². The minimum Gasteiger partial charge on any atom is -0.491 e. The number of nitrogens with one attached hydrogen (secondary N) is 1. The van der Waals surface area contributed by atoms with Gasteiger partial charge < -0.3 is 15.0 Å². The van der Waals surface area contributed by atoms with Crippen LogP contribution < -0.4 is 10.1 Å². The SMILES string of the molecule is CC(C)Oc1ccc(/C=C/C(=O)NC2CCN(C)CC2)cc1. The summed E-state index contributed by atoms with van der Waals surface area (Å²) >= 11 is 0. The zero-order chi connectivity index (χ0) is 15.9. The molecule has 1 N–H and O–H groups in total. The summed E-state index contributed by atoms with van der Waals surface area (Å²) in [5.74, 6) is 0.833. The van der Waals surface area contributed by atoms with Gasteiger partial charge in [0, 0.05) is 12.1 Å². The number of hydrogen-bond acceptors (Lipinski definition) is 3. The summed E-state index contributed by atoms with van der Waals surface area (Å²) in [6.07, 6.45) is 5.66. The summed E-state index contributed by atoms with van der Waals surface area (Å²) in [5.41, 5.74) is 0.995. The van der Waals surface area contributed by atoms with Crippen molar-refractivity contribution in [2.45, 2.75) is 38.8 Å². The lowest BCUT2D eigenvalue weighted by Crippen LogP contribution is -2.42. The molecule has 120 valence electrons. The fraction of sp³-hybridized carbons (Fsp3) is 0.500. The van der Waals surface area contributed by atoms with Gasteiger partial charge >= 0.3 is 0 Å². The molecule has 0 aromatic heterocycles. The fourth-order valence-electron chi connectivity index (χ4n) is 2.50. The monoisotopic (exact) mass is 302 g/mol. The molecule has 0 atom stereocenters. The number of hydrogen-bond donors (Lipinski definition) is 1. The molecule has 1 amide bonds. The summed E-state index contributed by atoms with van der Waals surface area (Å²) in [6.45, 7) is 6.10. The highest BCUT2D eigenvalue weighted by atomic mass is 16.5. The van der Waals surface area contributed by atoms with Crippen molar-refractivity contribution in [3.63, 3.8) is 0 Å². The molecular formula is C18H26N2O2. The van der Waals surface area contributed by atoms with Crippen LogP contribution in [-0.2, 0) is 4.79 Å². The smallest absolute Gasteiger partial charge is 0.244 e. The van der Waals surface area contributed by atoms with E-state index in [0.29, 0.717) is 6.04 Å². The zero-order valence-corrected chi connectivity index (χ0v) is 13.7. The largest absolute Gasteiger partial charge is 0.491 e. The molecule has 0 aliphatic carbocycles. The van der Waals surface area contributed by atoms with E-state index in [1.54, 1.807) is 6.08 Å². The summed E-state index contributed by atoms with van der Waals surface area (Å²) in [4.78, 5) is 14.2. The first kappa shape index (κ1) is 16.6. The van der Waals surface area contributed by atoms with E-state index in [9.17, 15) is 4.79 Å². The third kappa shape index (κ3) is 5.53. The molecule has 1 heterocycles. The van der Waals surface area contributed by atoms with Crippen LogP contribution in [-0.4, -0.2) is 43.1 Å². The Bertz CT molecular complexity index is 500. The third-order valence-electron chi connectivity index (χ3n) is 3.74. The number of piperidine rings is 1. The van der Waals surface area contributed by atoms with Crippen molar-refractivity contribution in [3.05, 3.63) is 35.9 Å². The van der Waals surface area contributed by atoms with E-state index in [-0.39, 0.29) is 12.0 Å². The molecule has 0 radical (unpaired) electrons. The maximum Gasteiger partial charge on any atom is 0.244 e. The number of carbonyl (C=O) groups is 1. The van der Waals surface area contributed by atoms with Crippen molar-refractivity contribution >= 4 is 12.0 Å². The predicted molar refractivity (Wildman–Crippen MR) is 89.9 cm³/mol. The molecule has 1 aromatic carbocycles. The van der Waals surface area contributed by atoms with Gasteiger partial charge in [0.15, 0.2) is 0 Å². The second kappa shape index (κ2) is 7.99. The molecule has 1 aliphatic rings. The van der Waals surface area contributed by atoms with Crippen LogP contribution in [0.15, 0.2) is 30.3 Å². The van der Waals surface area contributed by atoms with Crippen LogP contribution >= 0.6 is 0 Å². The number of ether oxygens (including phenoxy) is 1. The Morgan fingerprint density at radius 2 is 1.91 bits per heavy atom. The fourth-order valence-corrected chi connectivity index (χ4v) is 2.50. The Morgan fingerprint density at radius 3 is 2.50 bits per heavy atom. The topological polar surface area (TPSA) is 41.6 Å². The highest BCUT2D eigenvalue weighted by Crippen LogP contribution is 2.14. The van der Waals surface area contributed by atoms with Gasteiger partial charge in [0.05, 0.1) is 6.10 Å². The first-order chi connectivity index (χ1) is 10.5. The molecule has 2 rings (SSSR count). The molecule has 0 spiro atoms. The van der Waals surface area contributed by atoms with Gasteiger partial charge in [-0.15, -0.1) is 0 Å². The molecule has 1 fully saturated rings. The quantitative estimate of drug-likeness (QED) is 0.850. The average Bonchev–Trinajstić information content (AvgIpc) is 2.48. The zero-order valence-electron chi connectivity index (χ0n) is 13.7. The third-order valence-corrected chi connectivity index (χ3v) is 3.74. The minimum atomic E-state index is -0.0166. The first-order valence-corrected chi connectivity index (χ1v) is 7.97. The number of nitrogens with zero attached hydrogens (tertiary/aromatic N) is 1. The van der Waals surface area contributed by atoms with Gasteiger partial charge in [-0.05, 0) is 70.6 Å². The van der Waals surface area contributed by atoms with Crippen LogP contribution in [0.25, 0.3) is 6.08 Å². The van der Waals surface area contributed by atoms with Crippen molar-refractivity contribution in [1.82, 2.24) is 10.2 Å². The van der Waals surface area contributed by atoms with E-state index >= 15 is 0 Å². The number of carbonyl (C=O) groups excluding carboxylic acids is 1. The van der Waals surface area contributed by atoms with Gasteiger partial charge in [0.1, 0.15) is 5.75 Å². The van der Waals surface area contributed by atoms with Crippen molar-refractivity contribution in [2.24, 2.45) is 0 Å². The van der Waals surface area contributed by atoms with Crippen LogP contribution in [0.1, 0.15) is 32.3 Å². The Balaban J connectivity index is 1.81. The van der Waals surface area contributed by atoms with Gasteiger partial charge in [-0.2, -0.15) is 0 Å². The summed E-state index contributed by atoms with van der Waals surface area (Å²) < 4.78 is 5.60. The van der Waals surface area contributed by atoms with E-state index < -0.39 is 0 Å². The van der Waals surface area contributed by atoms with Gasteiger partial charge in [-0.1, -0.05) is 12.1 Å². The Kier molecular flexibility index (Phi) is 6.01. The number of rotatable bonds is 5. The first-order valence-electron chi connectivity index (χ1n) is 7.97. The number of benzene rings is 1. The summed E-state index contributed by atoms with van der Waals surface area (Å²) in [5, 5.41) is 3.07. The second-order valence-electron chi connectivity index (χ2n) is 6.16. The van der Waals surface area contributed by atoms with E-state index in [1.807, 2.05) is 44.2 Å². The number of likely N-dealkylation sites (tertiary alicyclic amines) is 1. The van der Waals surface area contributed by atoms with Gasteiger partial charge in [-0.25, -0.2) is 0 Å². The van der Waals surface area contributed by atoms with Crippen LogP contribution in [0.4, 0.5) is 0 Å². The predicted octanol–water partition coefficient (Wildman–Crippen LogP) is 2.70. The summed E-state index contributed by atoms with van der Waals surface area (Å²) in [6, 6.07) is 8.06. The maximum atomic E-state index is 11.9. The van der Waals surface area contributed by atoms with E-state index in [1.165, 1.54) is 0 Å². The molecule has 4 heteroatoms. The minimum absolute atomic E-state index is 0.0166. The average molecular weight is 302 g/mol. The lowest BCUT2D eigenvalue weighted by atomic mass is 10.1.